The van der Waals surface area contributed by atoms with E-state index in [1.54, 1.807) is 6.07 Å². The highest BCUT2D eigenvalue weighted by Gasteiger charge is 2.51. The summed E-state index contributed by atoms with van der Waals surface area (Å²) in [6.07, 6.45) is 2.62. The van der Waals surface area contributed by atoms with Crippen molar-refractivity contribution in [1.29, 1.82) is 0 Å². The average molecular weight is 334 g/mol. The van der Waals surface area contributed by atoms with Crippen LogP contribution < -0.4 is 9.47 Å². The molecule has 2 fully saturated rings. The lowest BCUT2D eigenvalue weighted by molar-refractivity contribution is -0.385. The molecule has 1 aliphatic heterocycles. The molecule has 2 atom stereocenters. The van der Waals surface area contributed by atoms with Crippen molar-refractivity contribution >= 4 is 11.5 Å². The topological polar surface area (TPSA) is 81.9 Å². The summed E-state index contributed by atoms with van der Waals surface area (Å²) in [5.74, 6) is 0.762. The molecule has 1 heterocycles. The van der Waals surface area contributed by atoms with E-state index in [4.69, 9.17) is 9.47 Å². The number of ketones is 1. The molecule has 7 nitrogen and oxygen atoms in total. The fourth-order valence-corrected chi connectivity index (χ4v) is 4.29. The molecule has 0 spiro atoms. The number of likely N-dealkylation sites (N-methyl/N-ethyl adjacent to an activating group) is 1. The maximum Gasteiger partial charge on any atom is 0.315 e. The van der Waals surface area contributed by atoms with Gasteiger partial charge in [0.15, 0.2) is 5.75 Å². The predicted octanol–water partition coefficient (Wildman–Crippen LogP) is 2.31. The summed E-state index contributed by atoms with van der Waals surface area (Å²) >= 11 is 0. The van der Waals surface area contributed by atoms with Crippen LogP contribution in [-0.4, -0.2) is 49.5 Å². The van der Waals surface area contributed by atoms with Gasteiger partial charge in [-0.25, -0.2) is 0 Å². The SMILES string of the molecule is COc1cc([C@@]23CCC(=O)C[C@@H]2N(C)CC3)cc([N+](=O)[O-])c1OC. The summed E-state index contributed by atoms with van der Waals surface area (Å²) in [6, 6.07) is 3.52. The molecular weight excluding hydrogens is 312 g/mol. The smallest absolute Gasteiger partial charge is 0.315 e. The molecule has 130 valence electrons. The van der Waals surface area contributed by atoms with E-state index in [1.165, 1.54) is 14.2 Å². The lowest BCUT2D eigenvalue weighted by atomic mass is 9.66. The van der Waals surface area contributed by atoms with Gasteiger partial charge in [0, 0.05) is 30.4 Å². The number of methoxy groups -OCH3 is 2. The number of carbonyl (C=O) groups is 1. The van der Waals surface area contributed by atoms with Crippen molar-refractivity contribution in [3.05, 3.63) is 27.8 Å². The minimum absolute atomic E-state index is 0.0801. The monoisotopic (exact) mass is 334 g/mol. The number of hydrogen-bond donors (Lipinski definition) is 0. The van der Waals surface area contributed by atoms with Gasteiger partial charge in [-0.2, -0.15) is 0 Å². The van der Waals surface area contributed by atoms with Crippen molar-refractivity contribution in [3.63, 3.8) is 0 Å². The van der Waals surface area contributed by atoms with E-state index >= 15 is 0 Å². The lowest BCUT2D eigenvalue weighted by Crippen LogP contribution is -2.46. The molecule has 0 radical (unpaired) electrons. The van der Waals surface area contributed by atoms with Crippen molar-refractivity contribution in [2.45, 2.75) is 37.1 Å². The Kier molecular flexibility index (Phi) is 4.21. The van der Waals surface area contributed by atoms with Gasteiger partial charge < -0.3 is 14.4 Å². The molecule has 7 heteroatoms. The number of ether oxygens (including phenoxy) is 2. The van der Waals surface area contributed by atoms with E-state index in [2.05, 4.69) is 4.90 Å². The summed E-state index contributed by atoms with van der Waals surface area (Å²) < 4.78 is 10.5. The Balaban J connectivity index is 2.16. The van der Waals surface area contributed by atoms with Crippen LogP contribution in [0.15, 0.2) is 12.1 Å². The molecule has 0 aromatic heterocycles. The highest BCUT2D eigenvalue weighted by molar-refractivity contribution is 5.81. The number of rotatable bonds is 4. The first-order valence-electron chi connectivity index (χ1n) is 8.06. The van der Waals surface area contributed by atoms with Crippen LogP contribution in [0.1, 0.15) is 31.2 Å². The number of nitro groups is 1. The normalized spacial score (nSPS) is 27.0. The van der Waals surface area contributed by atoms with Crippen molar-refractivity contribution in [1.82, 2.24) is 4.90 Å². The Hall–Kier alpha value is -2.15. The second-order valence-electron chi connectivity index (χ2n) is 6.63. The first kappa shape index (κ1) is 16.7. The number of hydrogen-bond acceptors (Lipinski definition) is 6. The third-order valence-corrected chi connectivity index (χ3v) is 5.58. The minimum atomic E-state index is -0.441. The van der Waals surface area contributed by atoms with Gasteiger partial charge in [0.1, 0.15) is 5.78 Å². The van der Waals surface area contributed by atoms with E-state index < -0.39 is 4.92 Å². The van der Waals surface area contributed by atoms with Crippen LogP contribution >= 0.6 is 0 Å². The van der Waals surface area contributed by atoms with Crippen LogP contribution in [0.3, 0.4) is 0 Å². The van der Waals surface area contributed by atoms with Gasteiger partial charge in [-0.05, 0) is 38.1 Å². The first-order chi connectivity index (χ1) is 11.4. The van der Waals surface area contributed by atoms with E-state index in [0.717, 1.165) is 18.5 Å². The van der Waals surface area contributed by atoms with Crippen LogP contribution in [0, 0.1) is 10.1 Å². The standard InChI is InChI=1S/C17H22N2O5/c1-18-7-6-17(5-4-12(20)10-15(17)18)11-8-13(19(21)22)16(24-3)14(9-11)23-2/h8-9,15H,4-7,10H2,1-3H3/t15-,17-/m0/s1. The Bertz CT molecular complexity index is 690. The third-order valence-electron chi connectivity index (χ3n) is 5.58. The van der Waals surface area contributed by atoms with Crippen LogP contribution in [0.4, 0.5) is 5.69 Å². The zero-order chi connectivity index (χ0) is 17.5. The summed E-state index contributed by atoms with van der Waals surface area (Å²) in [6.45, 7) is 0.875. The van der Waals surface area contributed by atoms with Crippen LogP contribution in [0.25, 0.3) is 0 Å². The van der Waals surface area contributed by atoms with E-state index in [-0.39, 0.29) is 28.7 Å². The van der Waals surface area contributed by atoms with Crippen molar-refractivity contribution in [2.24, 2.45) is 0 Å². The zero-order valence-corrected chi connectivity index (χ0v) is 14.2. The number of Topliss-reactive ketones (excluding diaryl/α,β-unsaturated/α-hetero) is 1. The third kappa shape index (κ3) is 2.43. The van der Waals surface area contributed by atoms with Gasteiger partial charge in [0.05, 0.1) is 19.1 Å². The molecule has 1 aromatic carbocycles. The highest BCUT2D eigenvalue weighted by Crippen LogP contribution is 2.51. The van der Waals surface area contributed by atoms with Crippen molar-refractivity contribution in [3.8, 4) is 11.5 Å². The van der Waals surface area contributed by atoms with E-state index in [0.29, 0.717) is 25.0 Å². The van der Waals surface area contributed by atoms with Crippen LogP contribution in [0.5, 0.6) is 11.5 Å². The largest absolute Gasteiger partial charge is 0.493 e. The molecule has 2 aliphatic rings. The lowest BCUT2D eigenvalue weighted by Gasteiger charge is -2.41. The molecule has 0 amide bonds. The fourth-order valence-electron chi connectivity index (χ4n) is 4.29. The maximum absolute atomic E-state index is 11.9. The summed E-state index contributed by atoms with van der Waals surface area (Å²) in [5.41, 5.74) is 0.535. The van der Waals surface area contributed by atoms with Gasteiger partial charge in [0.25, 0.3) is 0 Å². The quantitative estimate of drug-likeness (QED) is 0.621. The van der Waals surface area contributed by atoms with Gasteiger partial charge in [-0.3, -0.25) is 14.9 Å². The molecule has 3 rings (SSSR count). The molecule has 0 unspecified atom stereocenters. The number of likely N-dealkylation sites (tertiary alicyclic amines) is 1. The summed E-state index contributed by atoms with van der Waals surface area (Å²) in [4.78, 5) is 25.2. The molecule has 0 N–H and O–H groups in total. The first-order valence-corrected chi connectivity index (χ1v) is 8.06. The number of benzene rings is 1. The van der Waals surface area contributed by atoms with Gasteiger partial charge in [0.2, 0.25) is 5.75 Å². The minimum Gasteiger partial charge on any atom is -0.493 e. The maximum atomic E-state index is 11.9. The van der Waals surface area contributed by atoms with Crippen LogP contribution in [-0.2, 0) is 10.2 Å². The molecular formula is C17H22N2O5. The highest BCUT2D eigenvalue weighted by atomic mass is 16.6. The molecule has 24 heavy (non-hydrogen) atoms. The van der Waals surface area contributed by atoms with Crippen molar-refractivity contribution < 1.29 is 19.2 Å². The predicted molar refractivity (Wildman–Crippen MR) is 87.8 cm³/mol. The van der Waals surface area contributed by atoms with Gasteiger partial charge in [-0.1, -0.05) is 0 Å². The molecule has 1 aliphatic carbocycles. The zero-order valence-electron chi connectivity index (χ0n) is 14.2. The number of fused-ring (bicyclic) bond motifs is 1. The molecule has 0 bridgehead atoms. The Labute approximate surface area is 140 Å². The summed E-state index contributed by atoms with van der Waals surface area (Å²) in [5, 5.41) is 11.5. The Morgan fingerprint density at radius 3 is 2.67 bits per heavy atom. The average Bonchev–Trinajstić information content (AvgIpc) is 2.91. The van der Waals surface area contributed by atoms with Gasteiger partial charge in [-0.15, -0.1) is 0 Å². The molecule has 1 saturated heterocycles. The number of carbonyl (C=O) groups excluding carboxylic acids is 1. The number of nitro benzene ring substituents is 1. The molecule has 1 saturated carbocycles. The van der Waals surface area contributed by atoms with Crippen LogP contribution in [0.2, 0.25) is 0 Å². The fraction of sp³-hybridized carbons (Fsp3) is 0.588. The second kappa shape index (κ2) is 6.05. The van der Waals surface area contributed by atoms with Crippen molar-refractivity contribution in [2.75, 3.05) is 27.8 Å². The second-order valence-corrected chi connectivity index (χ2v) is 6.63. The molecule has 1 aromatic rings. The number of nitrogens with zero attached hydrogens (tertiary/aromatic N) is 2. The Morgan fingerprint density at radius 1 is 1.29 bits per heavy atom. The van der Waals surface area contributed by atoms with Gasteiger partial charge >= 0.3 is 5.69 Å². The Morgan fingerprint density at radius 2 is 2.04 bits per heavy atom. The van der Waals surface area contributed by atoms with E-state index in [9.17, 15) is 14.9 Å². The summed E-state index contributed by atoms with van der Waals surface area (Å²) in [7, 11) is 4.89. The van der Waals surface area contributed by atoms with E-state index in [1.807, 2.05) is 13.1 Å².